The highest BCUT2D eigenvalue weighted by atomic mass is 79.9. The Bertz CT molecular complexity index is 509. The van der Waals surface area contributed by atoms with Gasteiger partial charge in [0, 0.05) is 26.4 Å². The third kappa shape index (κ3) is 8.12. The van der Waals surface area contributed by atoms with Crippen LogP contribution in [0.4, 0.5) is 4.39 Å². The van der Waals surface area contributed by atoms with Crippen molar-refractivity contribution in [2.75, 3.05) is 13.1 Å². The van der Waals surface area contributed by atoms with E-state index in [9.17, 15) is 14.0 Å². The van der Waals surface area contributed by atoms with E-state index in [4.69, 9.17) is 0 Å². The van der Waals surface area contributed by atoms with E-state index in [1.807, 2.05) is 0 Å². The van der Waals surface area contributed by atoms with Crippen molar-refractivity contribution in [3.05, 3.63) is 34.1 Å². The van der Waals surface area contributed by atoms with Gasteiger partial charge in [0.15, 0.2) is 0 Å². The number of unbranched alkanes of at least 4 members (excludes halogenated alkanes) is 2. The number of amides is 2. The number of hydrogen-bond donors (Lipinski definition) is 2. The van der Waals surface area contributed by atoms with Crippen LogP contribution in [-0.4, -0.2) is 24.9 Å². The molecule has 2 N–H and O–H groups in total. The summed E-state index contributed by atoms with van der Waals surface area (Å²) in [4.78, 5) is 22.3. The molecular weight excluding hydrogens is 351 g/mol. The van der Waals surface area contributed by atoms with Gasteiger partial charge in [-0.2, -0.15) is 0 Å². The fourth-order valence-electron chi connectivity index (χ4n) is 1.98. The van der Waals surface area contributed by atoms with Gasteiger partial charge in [-0.15, -0.1) is 0 Å². The van der Waals surface area contributed by atoms with Crippen molar-refractivity contribution in [1.29, 1.82) is 0 Å². The Morgan fingerprint density at radius 2 is 1.91 bits per heavy atom. The summed E-state index contributed by atoms with van der Waals surface area (Å²) in [5.74, 6) is -0.280. The first-order valence-electron chi connectivity index (χ1n) is 7.44. The van der Waals surface area contributed by atoms with Gasteiger partial charge in [0.05, 0.1) is 4.47 Å². The van der Waals surface area contributed by atoms with E-state index in [0.29, 0.717) is 30.4 Å². The lowest BCUT2D eigenvalue weighted by molar-refractivity contribution is -0.121. The zero-order chi connectivity index (χ0) is 16.4. The Balaban J connectivity index is 2.08. The number of halogens is 2. The molecule has 0 saturated heterocycles. The summed E-state index contributed by atoms with van der Waals surface area (Å²) >= 11 is 3.14. The molecule has 0 bridgehead atoms. The molecule has 0 atom stereocenters. The van der Waals surface area contributed by atoms with Gasteiger partial charge in [0.2, 0.25) is 11.8 Å². The molecule has 0 unspecified atom stereocenters. The van der Waals surface area contributed by atoms with E-state index in [-0.39, 0.29) is 17.6 Å². The first-order chi connectivity index (χ1) is 10.5. The van der Waals surface area contributed by atoms with Gasteiger partial charge in [0.25, 0.3) is 0 Å². The Morgan fingerprint density at radius 1 is 1.14 bits per heavy atom. The molecule has 0 radical (unpaired) electrons. The number of hydrogen-bond acceptors (Lipinski definition) is 2. The van der Waals surface area contributed by atoms with Crippen LogP contribution in [0.5, 0.6) is 0 Å². The number of carbonyl (C=O) groups excluding carboxylic acids is 2. The minimum atomic E-state index is -0.285. The monoisotopic (exact) mass is 372 g/mol. The van der Waals surface area contributed by atoms with Gasteiger partial charge in [-0.1, -0.05) is 12.5 Å². The second-order valence-corrected chi connectivity index (χ2v) is 6.00. The summed E-state index contributed by atoms with van der Waals surface area (Å²) in [6.07, 6.45) is 3.78. The second-order valence-electron chi connectivity index (χ2n) is 5.14. The van der Waals surface area contributed by atoms with Gasteiger partial charge in [0.1, 0.15) is 5.82 Å². The fraction of sp³-hybridized carbons (Fsp3) is 0.500. The van der Waals surface area contributed by atoms with Crippen molar-refractivity contribution in [2.45, 2.75) is 39.0 Å². The van der Waals surface area contributed by atoms with Crippen molar-refractivity contribution in [1.82, 2.24) is 10.6 Å². The molecule has 1 rings (SSSR count). The fourth-order valence-corrected chi connectivity index (χ4v) is 2.41. The molecule has 1 aromatic carbocycles. The van der Waals surface area contributed by atoms with Crippen molar-refractivity contribution in [3.63, 3.8) is 0 Å². The minimum absolute atomic E-state index is 0.0230. The summed E-state index contributed by atoms with van der Waals surface area (Å²) in [7, 11) is 0. The molecular formula is C16H22BrFN2O2. The van der Waals surface area contributed by atoms with Crippen molar-refractivity contribution in [2.24, 2.45) is 0 Å². The average Bonchev–Trinajstić information content (AvgIpc) is 2.46. The van der Waals surface area contributed by atoms with Crippen LogP contribution in [0.25, 0.3) is 0 Å². The van der Waals surface area contributed by atoms with Crippen molar-refractivity contribution in [3.8, 4) is 0 Å². The van der Waals surface area contributed by atoms with Gasteiger partial charge >= 0.3 is 0 Å². The van der Waals surface area contributed by atoms with Crippen LogP contribution in [0.2, 0.25) is 0 Å². The maximum atomic E-state index is 13.1. The molecule has 4 nitrogen and oxygen atoms in total. The standard InChI is InChI=1S/C16H22BrFN2O2/c1-12(21)19-9-4-2-3-5-16(22)20-10-8-13-6-7-15(18)14(17)11-13/h6-7,11H,2-5,8-10H2,1H3,(H,19,21)(H,20,22). The SMILES string of the molecule is CC(=O)NCCCCCC(=O)NCCc1ccc(F)c(Br)c1. The number of benzene rings is 1. The molecule has 0 aliphatic carbocycles. The van der Waals surface area contributed by atoms with Crippen LogP contribution in [0, 0.1) is 5.82 Å². The largest absolute Gasteiger partial charge is 0.356 e. The van der Waals surface area contributed by atoms with Crippen LogP contribution in [0.3, 0.4) is 0 Å². The van der Waals surface area contributed by atoms with E-state index in [1.54, 1.807) is 12.1 Å². The van der Waals surface area contributed by atoms with E-state index in [1.165, 1.54) is 13.0 Å². The molecule has 6 heteroatoms. The molecule has 0 saturated carbocycles. The van der Waals surface area contributed by atoms with E-state index in [0.717, 1.165) is 24.8 Å². The van der Waals surface area contributed by atoms with Crippen LogP contribution in [-0.2, 0) is 16.0 Å². The smallest absolute Gasteiger partial charge is 0.220 e. The van der Waals surface area contributed by atoms with Crippen LogP contribution in [0.15, 0.2) is 22.7 Å². The lowest BCUT2D eigenvalue weighted by Crippen LogP contribution is -2.25. The molecule has 0 aliphatic heterocycles. The number of rotatable bonds is 9. The first kappa shape index (κ1) is 18.6. The Hall–Kier alpha value is -1.43. The summed E-state index contributed by atoms with van der Waals surface area (Å²) in [6.45, 7) is 2.70. The first-order valence-corrected chi connectivity index (χ1v) is 8.23. The van der Waals surface area contributed by atoms with E-state index in [2.05, 4.69) is 26.6 Å². The van der Waals surface area contributed by atoms with Crippen LogP contribution < -0.4 is 10.6 Å². The lowest BCUT2D eigenvalue weighted by Gasteiger charge is -2.06. The Labute approximate surface area is 139 Å². The zero-order valence-electron chi connectivity index (χ0n) is 12.8. The third-order valence-corrected chi connectivity index (χ3v) is 3.78. The molecule has 0 spiro atoms. The van der Waals surface area contributed by atoms with Gasteiger partial charge in [-0.25, -0.2) is 4.39 Å². The maximum absolute atomic E-state index is 13.1. The molecule has 122 valence electrons. The lowest BCUT2D eigenvalue weighted by atomic mass is 10.1. The van der Waals surface area contributed by atoms with E-state index < -0.39 is 0 Å². The molecule has 0 fully saturated rings. The average molecular weight is 373 g/mol. The van der Waals surface area contributed by atoms with Crippen molar-refractivity contribution >= 4 is 27.7 Å². The highest BCUT2D eigenvalue weighted by Crippen LogP contribution is 2.16. The summed E-state index contributed by atoms with van der Waals surface area (Å²) in [5.41, 5.74) is 0.976. The second kappa shape index (κ2) is 10.3. The minimum Gasteiger partial charge on any atom is -0.356 e. The topological polar surface area (TPSA) is 58.2 Å². The normalized spacial score (nSPS) is 10.3. The molecule has 0 aromatic heterocycles. The maximum Gasteiger partial charge on any atom is 0.220 e. The molecule has 0 heterocycles. The molecule has 2 amide bonds. The number of carbonyl (C=O) groups is 2. The van der Waals surface area contributed by atoms with Gasteiger partial charge < -0.3 is 10.6 Å². The zero-order valence-corrected chi connectivity index (χ0v) is 14.3. The predicted molar refractivity (Wildman–Crippen MR) is 88.0 cm³/mol. The van der Waals surface area contributed by atoms with Crippen molar-refractivity contribution < 1.29 is 14.0 Å². The highest BCUT2D eigenvalue weighted by Gasteiger charge is 2.03. The number of nitrogens with one attached hydrogen (secondary N) is 2. The highest BCUT2D eigenvalue weighted by molar-refractivity contribution is 9.10. The molecule has 22 heavy (non-hydrogen) atoms. The third-order valence-electron chi connectivity index (χ3n) is 3.17. The van der Waals surface area contributed by atoms with Gasteiger partial charge in [-0.3, -0.25) is 9.59 Å². The predicted octanol–water partition coefficient (Wildman–Crippen LogP) is 2.94. The van der Waals surface area contributed by atoms with Crippen LogP contribution in [0.1, 0.15) is 38.2 Å². The molecule has 0 aliphatic rings. The van der Waals surface area contributed by atoms with E-state index >= 15 is 0 Å². The summed E-state index contributed by atoms with van der Waals surface area (Å²) < 4.78 is 13.5. The Kier molecular flexibility index (Phi) is 8.74. The Morgan fingerprint density at radius 3 is 2.59 bits per heavy atom. The summed E-state index contributed by atoms with van der Waals surface area (Å²) in [5, 5.41) is 5.58. The summed E-state index contributed by atoms with van der Waals surface area (Å²) in [6, 6.07) is 4.86. The molecule has 1 aromatic rings. The quantitative estimate of drug-likeness (QED) is 0.654. The van der Waals surface area contributed by atoms with Gasteiger partial charge in [-0.05, 0) is 52.9 Å². The van der Waals surface area contributed by atoms with Crippen LogP contribution >= 0.6 is 15.9 Å².